The zero-order valence-electron chi connectivity index (χ0n) is 8.88. The van der Waals surface area contributed by atoms with E-state index >= 15 is 0 Å². The van der Waals surface area contributed by atoms with Crippen LogP contribution in [-0.4, -0.2) is 22.8 Å². The smallest absolute Gasteiger partial charge is 0.332 e. The van der Waals surface area contributed by atoms with Crippen LogP contribution in [0.4, 0.5) is 0 Å². The lowest BCUT2D eigenvalue weighted by Gasteiger charge is -2.42. The number of hydrogen-bond donors (Lipinski definition) is 1. The fourth-order valence-electron chi connectivity index (χ4n) is 2.39. The number of carboxylic acids is 1. The fraction of sp³-hybridized carbons (Fsp3) is 0.909. The molecule has 1 aliphatic heterocycles. The molecule has 3 heteroatoms. The van der Waals surface area contributed by atoms with Gasteiger partial charge in [-0.05, 0) is 44.4 Å². The molecular formula is C11H18O3. The number of ether oxygens (including phenoxy) is 1. The van der Waals surface area contributed by atoms with Crippen molar-refractivity contribution in [2.24, 2.45) is 5.41 Å². The molecular weight excluding hydrogens is 180 g/mol. The van der Waals surface area contributed by atoms with Gasteiger partial charge in [0.15, 0.2) is 6.10 Å². The topological polar surface area (TPSA) is 46.5 Å². The zero-order chi connectivity index (χ0) is 10.4. The van der Waals surface area contributed by atoms with Crippen LogP contribution in [0.15, 0.2) is 0 Å². The number of hydrogen-bond acceptors (Lipinski definition) is 2. The molecule has 0 aromatic heterocycles. The maximum atomic E-state index is 10.9. The van der Waals surface area contributed by atoms with Crippen LogP contribution in [-0.2, 0) is 9.53 Å². The van der Waals surface area contributed by atoms with Crippen molar-refractivity contribution in [3.05, 3.63) is 0 Å². The number of aliphatic carboxylic acids is 1. The Morgan fingerprint density at radius 3 is 2.50 bits per heavy atom. The van der Waals surface area contributed by atoms with Crippen LogP contribution in [0.25, 0.3) is 0 Å². The molecule has 14 heavy (non-hydrogen) atoms. The number of carbonyl (C=O) groups is 1. The highest BCUT2D eigenvalue weighted by atomic mass is 16.5. The second-order valence-corrected chi connectivity index (χ2v) is 5.13. The molecule has 2 fully saturated rings. The Bertz CT molecular complexity index is 257. The van der Waals surface area contributed by atoms with Crippen molar-refractivity contribution in [2.75, 3.05) is 0 Å². The molecule has 1 N–H and O–H groups in total. The first-order valence-electron chi connectivity index (χ1n) is 5.38. The third kappa shape index (κ3) is 1.44. The largest absolute Gasteiger partial charge is 0.479 e. The Balaban J connectivity index is 2.09. The molecule has 0 amide bonds. The lowest BCUT2D eigenvalue weighted by molar-refractivity contribution is -0.184. The van der Waals surface area contributed by atoms with Gasteiger partial charge >= 0.3 is 5.97 Å². The number of rotatable bonds is 2. The van der Waals surface area contributed by atoms with Gasteiger partial charge in [0.05, 0.1) is 5.60 Å². The monoisotopic (exact) mass is 198 g/mol. The van der Waals surface area contributed by atoms with Crippen LogP contribution in [0.5, 0.6) is 0 Å². The average molecular weight is 198 g/mol. The minimum absolute atomic E-state index is 0.200. The summed E-state index contributed by atoms with van der Waals surface area (Å²) in [5, 5.41) is 8.93. The van der Waals surface area contributed by atoms with Gasteiger partial charge in [-0.2, -0.15) is 0 Å². The van der Waals surface area contributed by atoms with Crippen molar-refractivity contribution in [1.82, 2.24) is 0 Å². The van der Waals surface area contributed by atoms with Crippen LogP contribution in [0.1, 0.15) is 46.0 Å². The zero-order valence-corrected chi connectivity index (χ0v) is 8.88. The fourth-order valence-corrected chi connectivity index (χ4v) is 2.39. The van der Waals surface area contributed by atoms with Crippen LogP contribution >= 0.6 is 0 Å². The Labute approximate surface area is 84.4 Å². The van der Waals surface area contributed by atoms with Gasteiger partial charge in [-0.1, -0.05) is 6.92 Å². The van der Waals surface area contributed by atoms with E-state index in [2.05, 4.69) is 13.8 Å². The van der Waals surface area contributed by atoms with E-state index in [4.69, 9.17) is 9.84 Å². The van der Waals surface area contributed by atoms with E-state index in [0.717, 1.165) is 12.8 Å². The van der Waals surface area contributed by atoms with E-state index in [0.29, 0.717) is 6.42 Å². The third-order valence-corrected chi connectivity index (χ3v) is 4.07. The van der Waals surface area contributed by atoms with Crippen molar-refractivity contribution in [3.63, 3.8) is 0 Å². The van der Waals surface area contributed by atoms with E-state index in [-0.39, 0.29) is 11.0 Å². The molecule has 1 heterocycles. The minimum Gasteiger partial charge on any atom is -0.479 e. The Morgan fingerprint density at radius 1 is 1.36 bits per heavy atom. The predicted octanol–water partition coefficient (Wildman–Crippen LogP) is 2.20. The molecule has 1 saturated carbocycles. The number of carboxylic acid groups (broad SMARTS) is 1. The lowest BCUT2D eigenvalue weighted by Crippen LogP contribution is -2.46. The van der Waals surface area contributed by atoms with Gasteiger partial charge in [-0.3, -0.25) is 0 Å². The summed E-state index contributed by atoms with van der Waals surface area (Å²) in [7, 11) is 0. The summed E-state index contributed by atoms with van der Waals surface area (Å²) in [6.45, 7) is 4.28. The quantitative estimate of drug-likeness (QED) is 0.739. The minimum atomic E-state index is -0.805. The van der Waals surface area contributed by atoms with Crippen LogP contribution in [0.2, 0.25) is 0 Å². The first kappa shape index (κ1) is 9.97. The van der Waals surface area contributed by atoms with Crippen molar-refractivity contribution in [2.45, 2.75) is 57.7 Å². The van der Waals surface area contributed by atoms with E-state index in [9.17, 15) is 4.79 Å². The molecule has 2 unspecified atom stereocenters. The second kappa shape index (κ2) is 2.96. The molecule has 0 radical (unpaired) electrons. The van der Waals surface area contributed by atoms with Gasteiger partial charge in [0.1, 0.15) is 0 Å². The van der Waals surface area contributed by atoms with E-state index in [1.54, 1.807) is 0 Å². The Kier molecular flexibility index (Phi) is 2.11. The van der Waals surface area contributed by atoms with Crippen molar-refractivity contribution < 1.29 is 14.6 Å². The summed E-state index contributed by atoms with van der Waals surface area (Å²) in [6, 6.07) is 0. The molecule has 3 nitrogen and oxygen atoms in total. The van der Waals surface area contributed by atoms with Crippen LogP contribution in [0.3, 0.4) is 0 Å². The van der Waals surface area contributed by atoms with Crippen molar-refractivity contribution >= 4 is 5.97 Å². The SMILES string of the molecule is CC1(C2(C)CCCC(C(=O)O)O2)CC1. The predicted molar refractivity (Wildman–Crippen MR) is 52.1 cm³/mol. The molecule has 2 aliphatic rings. The maximum Gasteiger partial charge on any atom is 0.332 e. The van der Waals surface area contributed by atoms with Crippen LogP contribution < -0.4 is 0 Å². The van der Waals surface area contributed by atoms with Gasteiger partial charge in [0.25, 0.3) is 0 Å². The second-order valence-electron chi connectivity index (χ2n) is 5.13. The highest BCUT2D eigenvalue weighted by Gasteiger charge is 2.56. The van der Waals surface area contributed by atoms with E-state index in [1.165, 1.54) is 12.8 Å². The van der Waals surface area contributed by atoms with Gasteiger partial charge in [0, 0.05) is 0 Å². The van der Waals surface area contributed by atoms with Gasteiger partial charge in [-0.15, -0.1) is 0 Å². The molecule has 0 spiro atoms. The third-order valence-electron chi connectivity index (χ3n) is 4.07. The standard InChI is InChI=1S/C11H18O3/c1-10(6-7-10)11(2)5-3-4-8(14-11)9(12)13/h8H,3-7H2,1-2H3,(H,12,13). The maximum absolute atomic E-state index is 10.9. The van der Waals surface area contributed by atoms with Crippen LogP contribution in [0, 0.1) is 5.41 Å². The molecule has 0 aromatic carbocycles. The summed E-state index contributed by atoms with van der Waals surface area (Å²) in [6.07, 6.45) is 4.43. The normalized spacial score (nSPS) is 40.6. The Hall–Kier alpha value is -0.570. The van der Waals surface area contributed by atoms with E-state index in [1.807, 2.05) is 0 Å². The van der Waals surface area contributed by atoms with Crippen molar-refractivity contribution in [1.29, 1.82) is 0 Å². The Morgan fingerprint density at radius 2 is 2.00 bits per heavy atom. The molecule has 1 aliphatic carbocycles. The molecule has 1 saturated heterocycles. The molecule has 2 rings (SSSR count). The summed E-state index contributed by atoms with van der Waals surface area (Å²) in [5.74, 6) is -0.805. The molecule has 2 atom stereocenters. The first-order valence-corrected chi connectivity index (χ1v) is 5.38. The highest BCUT2D eigenvalue weighted by molar-refractivity contribution is 5.72. The average Bonchev–Trinajstić information content (AvgIpc) is 2.85. The summed E-state index contributed by atoms with van der Waals surface area (Å²) >= 11 is 0. The summed E-state index contributed by atoms with van der Waals surface area (Å²) in [4.78, 5) is 10.9. The first-order chi connectivity index (χ1) is 6.47. The van der Waals surface area contributed by atoms with Crippen molar-refractivity contribution in [3.8, 4) is 0 Å². The molecule has 80 valence electrons. The summed E-state index contributed by atoms with van der Waals surface area (Å²) in [5.41, 5.74) is 0.0371. The highest BCUT2D eigenvalue weighted by Crippen LogP contribution is 2.58. The molecule has 0 aromatic rings. The van der Waals surface area contributed by atoms with E-state index < -0.39 is 12.1 Å². The van der Waals surface area contributed by atoms with Gasteiger partial charge in [-0.25, -0.2) is 4.79 Å². The molecule has 0 bridgehead atoms. The van der Waals surface area contributed by atoms with Gasteiger partial charge in [0.2, 0.25) is 0 Å². The summed E-state index contributed by atoms with van der Waals surface area (Å²) < 4.78 is 5.76. The lowest BCUT2D eigenvalue weighted by atomic mass is 9.80. The van der Waals surface area contributed by atoms with Gasteiger partial charge < -0.3 is 9.84 Å².